The highest BCUT2D eigenvalue weighted by Gasteiger charge is 2.40. The molecular weight excluding hydrogens is 272 g/mol. The third-order valence-corrected chi connectivity index (χ3v) is 5.55. The highest BCUT2D eigenvalue weighted by molar-refractivity contribution is 7.99. The molecule has 2 unspecified atom stereocenters. The van der Waals surface area contributed by atoms with E-state index >= 15 is 0 Å². The van der Waals surface area contributed by atoms with Crippen molar-refractivity contribution in [2.45, 2.75) is 38.3 Å². The van der Waals surface area contributed by atoms with Crippen molar-refractivity contribution in [3.05, 3.63) is 0 Å². The average Bonchev–Trinajstić information content (AvgIpc) is 2.96. The van der Waals surface area contributed by atoms with Crippen LogP contribution in [0.2, 0.25) is 0 Å². The van der Waals surface area contributed by atoms with Gasteiger partial charge in [-0.3, -0.25) is 9.89 Å². The molecule has 2 saturated heterocycles. The first-order valence-corrected chi connectivity index (χ1v) is 8.79. The van der Waals surface area contributed by atoms with Crippen LogP contribution in [-0.4, -0.2) is 66.8 Å². The van der Waals surface area contributed by atoms with Crippen LogP contribution in [0.4, 0.5) is 0 Å². The third-order valence-electron chi connectivity index (χ3n) is 4.31. The molecule has 0 amide bonds. The molecule has 0 aromatic carbocycles. The van der Waals surface area contributed by atoms with Gasteiger partial charge in [0.15, 0.2) is 5.96 Å². The van der Waals surface area contributed by atoms with Gasteiger partial charge in [0.2, 0.25) is 0 Å². The number of guanidine groups is 1. The van der Waals surface area contributed by atoms with Gasteiger partial charge in [-0.05, 0) is 25.5 Å². The fourth-order valence-electron chi connectivity index (χ4n) is 2.74. The SMILES string of the molecule is CCC(C)NC(N)=NCC1(N2CCOCC2)CCSC1. The molecule has 2 atom stereocenters. The zero-order valence-corrected chi connectivity index (χ0v) is 13.5. The van der Waals surface area contributed by atoms with Gasteiger partial charge in [-0.2, -0.15) is 11.8 Å². The lowest BCUT2D eigenvalue weighted by atomic mass is 9.96. The van der Waals surface area contributed by atoms with E-state index in [0.717, 1.165) is 45.0 Å². The fraction of sp³-hybridized carbons (Fsp3) is 0.929. The summed E-state index contributed by atoms with van der Waals surface area (Å²) >= 11 is 2.03. The summed E-state index contributed by atoms with van der Waals surface area (Å²) in [5.41, 5.74) is 6.20. The first-order chi connectivity index (χ1) is 9.66. The monoisotopic (exact) mass is 300 g/mol. The number of nitrogens with two attached hydrogens (primary N) is 1. The summed E-state index contributed by atoms with van der Waals surface area (Å²) in [6.45, 7) is 8.81. The van der Waals surface area contributed by atoms with E-state index in [-0.39, 0.29) is 5.54 Å². The van der Waals surface area contributed by atoms with E-state index in [1.165, 1.54) is 12.2 Å². The molecule has 0 radical (unpaired) electrons. The zero-order chi connectivity index (χ0) is 14.4. The summed E-state index contributed by atoms with van der Waals surface area (Å²) in [5.74, 6) is 2.97. The van der Waals surface area contributed by atoms with Crippen molar-refractivity contribution < 1.29 is 4.74 Å². The number of ether oxygens (including phenoxy) is 1. The molecule has 0 bridgehead atoms. The second-order valence-corrected chi connectivity index (χ2v) is 6.89. The summed E-state index contributed by atoms with van der Waals surface area (Å²) in [4.78, 5) is 7.19. The Balaban J connectivity index is 1.96. The van der Waals surface area contributed by atoms with Crippen LogP contribution in [0.25, 0.3) is 0 Å². The number of hydrogen-bond acceptors (Lipinski definition) is 4. The highest BCUT2D eigenvalue weighted by atomic mass is 32.2. The van der Waals surface area contributed by atoms with Crippen molar-refractivity contribution in [1.29, 1.82) is 0 Å². The predicted octanol–water partition coefficient (Wildman–Crippen LogP) is 0.897. The maximum Gasteiger partial charge on any atom is 0.188 e. The Morgan fingerprint density at radius 3 is 2.85 bits per heavy atom. The quantitative estimate of drug-likeness (QED) is 0.583. The summed E-state index contributed by atoms with van der Waals surface area (Å²) < 4.78 is 5.48. The fourth-order valence-corrected chi connectivity index (χ4v) is 4.21. The van der Waals surface area contributed by atoms with Crippen LogP contribution < -0.4 is 11.1 Å². The number of morpholine rings is 1. The van der Waals surface area contributed by atoms with E-state index < -0.39 is 0 Å². The minimum atomic E-state index is 0.191. The van der Waals surface area contributed by atoms with Crippen molar-refractivity contribution in [3.63, 3.8) is 0 Å². The molecule has 2 fully saturated rings. The van der Waals surface area contributed by atoms with Crippen molar-refractivity contribution >= 4 is 17.7 Å². The number of rotatable bonds is 5. The van der Waals surface area contributed by atoms with Gasteiger partial charge in [0.25, 0.3) is 0 Å². The molecule has 0 saturated carbocycles. The van der Waals surface area contributed by atoms with Gasteiger partial charge in [0, 0.05) is 24.9 Å². The lowest BCUT2D eigenvalue weighted by Crippen LogP contribution is -2.56. The number of thioether (sulfide) groups is 1. The van der Waals surface area contributed by atoms with Crippen LogP contribution in [-0.2, 0) is 4.74 Å². The molecule has 0 aromatic heterocycles. The minimum absolute atomic E-state index is 0.191. The first kappa shape index (κ1) is 15.9. The van der Waals surface area contributed by atoms with Gasteiger partial charge in [-0.25, -0.2) is 0 Å². The van der Waals surface area contributed by atoms with E-state index in [0.29, 0.717) is 12.0 Å². The van der Waals surface area contributed by atoms with Gasteiger partial charge < -0.3 is 15.8 Å². The molecule has 2 rings (SSSR count). The van der Waals surface area contributed by atoms with E-state index in [4.69, 9.17) is 10.5 Å². The molecule has 116 valence electrons. The third kappa shape index (κ3) is 4.02. The molecule has 2 aliphatic rings. The molecule has 0 aromatic rings. The average molecular weight is 300 g/mol. The number of nitrogens with zero attached hydrogens (tertiary/aromatic N) is 2. The van der Waals surface area contributed by atoms with E-state index in [2.05, 4.69) is 29.1 Å². The van der Waals surface area contributed by atoms with E-state index in [1.54, 1.807) is 0 Å². The van der Waals surface area contributed by atoms with Crippen LogP contribution in [0, 0.1) is 0 Å². The van der Waals surface area contributed by atoms with Crippen LogP contribution in [0.1, 0.15) is 26.7 Å². The largest absolute Gasteiger partial charge is 0.379 e. The maximum absolute atomic E-state index is 6.01. The van der Waals surface area contributed by atoms with Crippen LogP contribution in [0.15, 0.2) is 4.99 Å². The molecule has 20 heavy (non-hydrogen) atoms. The van der Waals surface area contributed by atoms with Crippen LogP contribution in [0.3, 0.4) is 0 Å². The Kier molecular flexibility index (Phi) is 5.99. The number of aliphatic imine (C=N–C) groups is 1. The van der Waals surface area contributed by atoms with E-state index in [9.17, 15) is 0 Å². The van der Waals surface area contributed by atoms with Gasteiger partial charge in [-0.1, -0.05) is 6.92 Å². The molecule has 2 aliphatic heterocycles. The standard InChI is InChI=1S/C14H28N4OS/c1-3-12(2)17-13(15)16-10-14(4-9-20-11-14)18-5-7-19-8-6-18/h12H,3-11H2,1-2H3,(H3,15,16,17). The zero-order valence-electron chi connectivity index (χ0n) is 12.7. The first-order valence-electron chi connectivity index (χ1n) is 7.63. The summed E-state index contributed by atoms with van der Waals surface area (Å²) in [6.07, 6.45) is 2.26. The van der Waals surface area contributed by atoms with Crippen molar-refractivity contribution in [1.82, 2.24) is 10.2 Å². The molecular formula is C14H28N4OS. The molecule has 0 aliphatic carbocycles. The van der Waals surface area contributed by atoms with E-state index in [1.807, 2.05) is 11.8 Å². The Morgan fingerprint density at radius 1 is 1.50 bits per heavy atom. The molecule has 0 spiro atoms. The van der Waals surface area contributed by atoms with Gasteiger partial charge >= 0.3 is 0 Å². The second-order valence-electron chi connectivity index (χ2n) is 5.78. The molecule has 3 N–H and O–H groups in total. The Labute approximate surface area is 126 Å². The normalized spacial score (nSPS) is 30.4. The topological polar surface area (TPSA) is 62.9 Å². The number of nitrogens with one attached hydrogen (secondary N) is 1. The Bertz CT molecular complexity index is 325. The van der Waals surface area contributed by atoms with Crippen LogP contribution in [0.5, 0.6) is 0 Å². The van der Waals surface area contributed by atoms with Crippen molar-refractivity contribution in [2.75, 3.05) is 44.4 Å². The second kappa shape index (κ2) is 7.52. The smallest absolute Gasteiger partial charge is 0.188 e. The van der Waals surface area contributed by atoms with Crippen molar-refractivity contribution in [3.8, 4) is 0 Å². The minimum Gasteiger partial charge on any atom is -0.379 e. The van der Waals surface area contributed by atoms with Crippen molar-refractivity contribution in [2.24, 2.45) is 10.7 Å². The summed E-state index contributed by atoms with van der Waals surface area (Å²) in [6, 6.07) is 0.385. The predicted molar refractivity (Wildman–Crippen MR) is 86.4 cm³/mol. The molecule has 2 heterocycles. The van der Waals surface area contributed by atoms with Gasteiger partial charge in [0.1, 0.15) is 0 Å². The highest BCUT2D eigenvalue weighted by Crippen LogP contribution is 2.34. The van der Waals surface area contributed by atoms with Crippen LogP contribution >= 0.6 is 11.8 Å². The summed E-state index contributed by atoms with van der Waals surface area (Å²) in [5, 5.41) is 3.25. The number of hydrogen-bond donors (Lipinski definition) is 2. The Morgan fingerprint density at radius 2 is 2.25 bits per heavy atom. The van der Waals surface area contributed by atoms with Gasteiger partial charge in [0.05, 0.1) is 25.3 Å². The molecule has 5 nitrogen and oxygen atoms in total. The maximum atomic E-state index is 6.01. The lowest BCUT2D eigenvalue weighted by Gasteiger charge is -2.42. The summed E-state index contributed by atoms with van der Waals surface area (Å²) in [7, 11) is 0. The van der Waals surface area contributed by atoms with Gasteiger partial charge in [-0.15, -0.1) is 0 Å². The Hall–Kier alpha value is -0.460. The lowest BCUT2D eigenvalue weighted by molar-refractivity contribution is -0.0104. The molecule has 6 heteroatoms.